The molecule has 1 rings (SSSR count). The Labute approximate surface area is 84.3 Å². The summed E-state index contributed by atoms with van der Waals surface area (Å²) in [5.74, 6) is -0.340. The number of nitrogens with one attached hydrogen (secondary N) is 1. The van der Waals surface area contributed by atoms with Crippen molar-refractivity contribution >= 4 is 5.69 Å². The molecule has 0 unspecified atom stereocenters. The Morgan fingerprint density at radius 3 is 2.79 bits per heavy atom. The van der Waals surface area contributed by atoms with Crippen molar-refractivity contribution in [3.05, 3.63) is 29.6 Å². The minimum Gasteiger partial charge on any atom is -0.396 e. The molecular formula is C11H17FN2. The maximum atomic E-state index is 13.1. The van der Waals surface area contributed by atoms with E-state index in [2.05, 4.69) is 12.2 Å². The molecule has 78 valence electrons. The first kappa shape index (κ1) is 11.0. The van der Waals surface area contributed by atoms with Crippen LogP contribution in [0.5, 0.6) is 0 Å². The Morgan fingerprint density at radius 2 is 2.21 bits per heavy atom. The number of halogens is 1. The molecule has 1 atom stereocenters. The van der Waals surface area contributed by atoms with E-state index in [1.54, 1.807) is 6.07 Å². The van der Waals surface area contributed by atoms with Gasteiger partial charge in [-0.25, -0.2) is 4.39 Å². The van der Waals surface area contributed by atoms with Crippen molar-refractivity contribution in [3.8, 4) is 0 Å². The molecule has 0 aliphatic heterocycles. The molecule has 0 heterocycles. The summed E-state index contributed by atoms with van der Waals surface area (Å²) in [4.78, 5) is 0. The van der Waals surface area contributed by atoms with E-state index in [0.717, 1.165) is 18.5 Å². The highest BCUT2D eigenvalue weighted by Crippen LogP contribution is 2.17. The largest absolute Gasteiger partial charge is 0.396 e. The second-order valence-corrected chi connectivity index (χ2v) is 3.46. The monoisotopic (exact) mass is 196 g/mol. The van der Waals surface area contributed by atoms with Crippen molar-refractivity contribution in [1.29, 1.82) is 0 Å². The normalized spacial score (nSPS) is 12.8. The van der Waals surface area contributed by atoms with Gasteiger partial charge >= 0.3 is 0 Å². The summed E-state index contributed by atoms with van der Waals surface area (Å²) in [5.41, 5.74) is 6.53. The van der Waals surface area contributed by atoms with Gasteiger partial charge < -0.3 is 11.1 Å². The minimum atomic E-state index is -0.340. The van der Waals surface area contributed by atoms with Crippen LogP contribution in [0.15, 0.2) is 18.2 Å². The molecule has 1 aromatic carbocycles. The maximum absolute atomic E-state index is 13.1. The summed E-state index contributed by atoms with van der Waals surface area (Å²) in [7, 11) is 0. The average molecular weight is 196 g/mol. The van der Waals surface area contributed by atoms with E-state index in [1.165, 1.54) is 6.07 Å². The first-order valence-corrected chi connectivity index (χ1v) is 4.93. The highest BCUT2D eigenvalue weighted by atomic mass is 19.1. The summed E-state index contributed by atoms with van der Waals surface area (Å²) in [6.45, 7) is 5.05. The van der Waals surface area contributed by atoms with Crippen molar-refractivity contribution in [1.82, 2.24) is 5.32 Å². The lowest BCUT2D eigenvalue weighted by Gasteiger charge is -2.13. The zero-order chi connectivity index (χ0) is 10.6. The average Bonchev–Trinajstić information content (AvgIpc) is 2.18. The Kier molecular flexibility index (Phi) is 3.89. The van der Waals surface area contributed by atoms with E-state index < -0.39 is 0 Å². The lowest BCUT2D eigenvalue weighted by atomic mass is 10.1. The predicted octanol–water partition coefficient (Wildman–Crippen LogP) is 2.47. The lowest BCUT2D eigenvalue weighted by Crippen LogP contribution is -2.19. The molecule has 0 radical (unpaired) electrons. The third kappa shape index (κ3) is 2.70. The van der Waals surface area contributed by atoms with Gasteiger partial charge in [0, 0.05) is 6.04 Å². The molecule has 0 amide bonds. The van der Waals surface area contributed by atoms with E-state index in [0.29, 0.717) is 0 Å². The fraction of sp³-hybridized carbons (Fsp3) is 0.455. The number of hydrogen-bond acceptors (Lipinski definition) is 2. The molecule has 0 bridgehead atoms. The molecular weight excluding hydrogens is 179 g/mol. The summed E-state index contributed by atoms with van der Waals surface area (Å²) >= 11 is 0. The quantitative estimate of drug-likeness (QED) is 0.726. The van der Waals surface area contributed by atoms with Crippen LogP contribution in [0.2, 0.25) is 0 Å². The number of benzene rings is 1. The van der Waals surface area contributed by atoms with Gasteiger partial charge in [-0.15, -0.1) is 0 Å². The molecule has 1 aromatic rings. The van der Waals surface area contributed by atoms with Gasteiger partial charge in [-0.05, 0) is 37.6 Å². The molecule has 0 aliphatic rings. The number of anilines is 1. The second kappa shape index (κ2) is 4.96. The Morgan fingerprint density at radius 1 is 1.50 bits per heavy atom. The van der Waals surface area contributed by atoms with Crippen molar-refractivity contribution < 1.29 is 4.39 Å². The highest BCUT2D eigenvalue weighted by molar-refractivity contribution is 5.41. The van der Waals surface area contributed by atoms with Crippen LogP contribution in [-0.4, -0.2) is 6.54 Å². The van der Waals surface area contributed by atoms with Gasteiger partial charge in [-0.2, -0.15) is 0 Å². The molecule has 0 fully saturated rings. The van der Waals surface area contributed by atoms with E-state index in [4.69, 9.17) is 5.73 Å². The van der Waals surface area contributed by atoms with Gasteiger partial charge in [0.15, 0.2) is 0 Å². The highest BCUT2D eigenvalue weighted by Gasteiger charge is 2.06. The molecule has 2 nitrogen and oxygen atoms in total. The molecule has 3 N–H and O–H groups in total. The Hall–Kier alpha value is -1.09. The van der Waals surface area contributed by atoms with E-state index in [9.17, 15) is 4.39 Å². The van der Waals surface area contributed by atoms with Crippen LogP contribution in [0.25, 0.3) is 0 Å². The van der Waals surface area contributed by atoms with Gasteiger partial charge in [-0.3, -0.25) is 0 Å². The summed E-state index contributed by atoms with van der Waals surface area (Å²) in [6.07, 6.45) is 1.07. The van der Waals surface area contributed by atoms with Crippen molar-refractivity contribution in [2.45, 2.75) is 26.3 Å². The van der Waals surface area contributed by atoms with Gasteiger partial charge in [-0.1, -0.05) is 13.0 Å². The predicted molar refractivity (Wildman–Crippen MR) is 57.5 cm³/mol. The molecule has 0 aromatic heterocycles. The van der Waals surface area contributed by atoms with Gasteiger partial charge in [0.2, 0.25) is 0 Å². The van der Waals surface area contributed by atoms with Crippen LogP contribution >= 0.6 is 0 Å². The number of hydrogen-bond donors (Lipinski definition) is 2. The molecule has 0 aliphatic carbocycles. The van der Waals surface area contributed by atoms with Gasteiger partial charge in [0.1, 0.15) is 5.82 Å². The van der Waals surface area contributed by atoms with Crippen LogP contribution in [0.4, 0.5) is 10.1 Å². The summed E-state index contributed by atoms with van der Waals surface area (Å²) in [6, 6.07) is 5.12. The van der Waals surface area contributed by atoms with Crippen LogP contribution < -0.4 is 11.1 Å². The number of nitrogens with two attached hydrogens (primary N) is 1. The van der Waals surface area contributed by atoms with Crippen LogP contribution in [0, 0.1) is 5.82 Å². The van der Waals surface area contributed by atoms with Crippen molar-refractivity contribution in [2.24, 2.45) is 0 Å². The number of rotatable bonds is 4. The fourth-order valence-corrected chi connectivity index (χ4v) is 1.29. The smallest absolute Gasteiger partial charge is 0.146 e. The maximum Gasteiger partial charge on any atom is 0.146 e. The molecule has 0 saturated heterocycles. The third-order valence-corrected chi connectivity index (χ3v) is 2.23. The first-order valence-electron chi connectivity index (χ1n) is 4.93. The topological polar surface area (TPSA) is 38.0 Å². The molecule has 0 spiro atoms. The van der Waals surface area contributed by atoms with Crippen molar-refractivity contribution in [2.75, 3.05) is 12.3 Å². The van der Waals surface area contributed by atoms with Gasteiger partial charge in [0.25, 0.3) is 0 Å². The third-order valence-electron chi connectivity index (χ3n) is 2.23. The summed E-state index contributed by atoms with van der Waals surface area (Å²) < 4.78 is 13.1. The zero-order valence-electron chi connectivity index (χ0n) is 8.68. The standard InChI is InChI=1S/C11H17FN2/c1-3-6-14-8(2)9-4-5-11(13)10(12)7-9/h4-5,7-8,14H,3,6,13H2,1-2H3/t8-/m1/s1. The molecule has 0 saturated carbocycles. The van der Waals surface area contributed by atoms with Crippen molar-refractivity contribution in [3.63, 3.8) is 0 Å². The minimum absolute atomic E-state index is 0.171. The van der Waals surface area contributed by atoms with Crippen LogP contribution in [0.1, 0.15) is 31.9 Å². The fourth-order valence-electron chi connectivity index (χ4n) is 1.29. The van der Waals surface area contributed by atoms with E-state index in [1.807, 2.05) is 13.0 Å². The van der Waals surface area contributed by atoms with Crippen LogP contribution in [0.3, 0.4) is 0 Å². The number of nitrogen functional groups attached to an aromatic ring is 1. The SMILES string of the molecule is CCCN[C@H](C)c1ccc(N)c(F)c1. The zero-order valence-corrected chi connectivity index (χ0v) is 8.68. The second-order valence-electron chi connectivity index (χ2n) is 3.46. The van der Waals surface area contributed by atoms with Crippen LogP contribution in [-0.2, 0) is 0 Å². The molecule has 3 heteroatoms. The van der Waals surface area contributed by atoms with Gasteiger partial charge in [0.05, 0.1) is 5.69 Å². The first-order chi connectivity index (χ1) is 6.65. The van der Waals surface area contributed by atoms with E-state index in [-0.39, 0.29) is 17.5 Å². The Bertz CT molecular complexity index is 299. The van der Waals surface area contributed by atoms with E-state index >= 15 is 0 Å². The Balaban J connectivity index is 2.70. The lowest BCUT2D eigenvalue weighted by molar-refractivity contribution is 0.563. The molecule has 14 heavy (non-hydrogen) atoms. The summed E-state index contributed by atoms with van der Waals surface area (Å²) in [5, 5.41) is 3.29.